The number of hydrogen-bond acceptors (Lipinski definition) is 2. The van der Waals surface area contributed by atoms with Gasteiger partial charge in [0.2, 0.25) is 0 Å². The van der Waals surface area contributed by atoms with E-state index < -0.39 is 0 Å². The lowest BCUT2D eigenvalue weighted by Gasteiger charge is -2.55. The van der Waals surface area contributed by atoms with Gasteiger partial charge in [-0.1, -0.05) is 12.6 Å². The molecule has 52 valence electrons. The molecule has 2 nitrogen and oxygen atoms in total. The quantitative estimate of drug-likeness (QED) is 0.450. The van der Waals surface area contributed by atoms with Crippen molar-refractivity contribution in [2.24, 2.45) is 5.41 Å². The minimum absolute atomic E-state index is 0.383. The van der Waals surface area contributed by atoms with Gasteiger partial charge < -0.3 is 4.90 Å². The molecule has 2 fully saturated rings. The molecule has 0 atom stereocenters. The van der Waals surface area contributed by atoms with Crippen LogP contribution in [-0.2, 0) is 0 Å². The lowest BCUT2D eigenvalue weighted by atomic mass is 9.26. The van der Waals surface area contributed by atoms with Crippen molar-refractivity contribution in [2.45, 2.75) is 12.6 Å². The number of nitrogens with zero attached hydrogens (tertiary/aromatic N) is 2. The van der Waals surface area contributed by atoms with Gasteiger partial charge in [0.15, 0.2) is 0 Å². The molecule has 3 heteroatoms. The summed E-state index contributed by atoms with van der Waals surface area (Å²) in [6.07, 6.45) is 2.32. The third kappa shape index (κ3) is 0.689. The summed E-state index contributed by atoms with van der Waals surface area (Å²) in [4.78, 5) is 2.33. The highest BCUT2D eigenvalue weighted by molar-refractivity contribution is 6.70. The van der Waals surface area contributed by atoms with Gasteiger partial charge in [-0.2, -0.15) is 0 Å². The summed E-state index contributed by atoms with van der Waals surface area (Å²) < 4.78 is 0. The maximum atomic E-state index is 8.54. The summed E-state index contributed by atoms with van der Waals surface area (Å²) in [5, 5.41) is 8.54. The summed E-state index contributed by atoms with van der Waals surface area (Å²) >= 11 is 0. The average molecular weight is 134 g/mol. The smallest absolute Gasteiger partial charge is 0.269 e. The topological polar surface area (TPSA) is 27.0 Å². The van der Waals surface area contributed by atoms with Crippen LogP contribution < -0.4 is 0 Å². The first-order valence-corrected chi connectivity index (χ1v) is 3.82. The Labute approximate surface area is 61.9 Å². The minimum atomic E-state index is 0.383. The first kappa shape index (κ1) is 6.24. The maximum absolute atomic E-state index is 8.54. The Kier molecular flexibility index (Phi) is 1.10. The molecular weight excluding hydrogens is 123 g/mol. The van der Waals surface area contributed by atoms with E-state index in [1.54, 1.807) is 0 Å². The molecule has 0 radical (unpaired) electrons. The van der Waals surface area contributed by atoms with Crippen LogP contribution in [0.5, 0.6) is 0 Å². The van der Waals surface area contributed by atoms with Crippen LogP contribution in [0.25, 0.3) is 0 Å². The van der Waals surface area contributed by atoms with Gasteiger partial charge in [0.25, 0.3) is 6.71 Å². The normalized spacial score (nSPS) is 29.0. The van der Waals surface area contributed by atoms with E-state index in [4.69, 9.17) is 5.26 Å². The Hall–Kier alpha value is -0.485. The molecule has 2 heterocycles. The zero-order chi connectivity index (χ0) is 7.19. The van der Waals surface area contributed by atoms with E-state index >= 15 is 0 Å². The molecule has 2 rings (SSSR count). The fourth-order valence-electron chi connectivity index (χ4n) is 2.43. The number of nitriles is 1. The fraction of sp³-hybridized carbons (Fsp3) is 0.857. The van der Waals surface area contributed by atoms with Crippen LogP contribution in [0.4, 0.5) is 0 Å². The van der Waals surface area contributed by atoms with Crippen LogP contribution >= 0.6 is 0 Å². The Balaban J connectivity index is 1.86. The lowest BCUT2D eigenvalue weighted by molar-refractivity contribution is 0.0406. The van der Waals surface area contributed by atoms with E-state index in [-0.39, 0.29) is 0 Å². The van der Waals surface area contributed by atoms with Crippen LogP contribution in [0.1, 0.15) is 0 Å². The van der Waals surface area contributed by atoms with Crippen LogP contribution in [0, 0.1) is 16.6 Å². The fourth-order valence-corrected chi connectivity index (χ4v) is 2.43. The molecule has 2 aliphatic rings. The van der Waals surface area contributed by atoms with Crippen molar-refractivity contribution in [3.05, 3.63) is 0 Å². The molecule has 1 spiro atoms. The zero-order valence-corrected chi connectivity index (χ0v) is 6.30. The van der Waals surface area contributed by atoms with E-state index in [0.717, 1.165) is 12.6 Å². The van der Waals surface area contributed by atoms with Crippen LogP contribution in [0.2, 0.25) is 12.6 Å². The van der Waals surface area contributed by atoms with Crippen molar-refractivity contribution in [2.75, 3.05) is 20.1 Å². The van der Waals surface area contributed by atoms with Gasteiger partial charge >= 0.3 is 0 Å². The number of rotatable bonds is 0. The highest BCUT2D eigenvalue weighted by atomic mass is 15.2. The molecule has 2 aliphatic heterocycles. The maximum Gasteiger partial charge on any atom is 0.269 e. The Bertz CT molecular complexity index is 182. The van der Waals surface area contributed by atoms with Gasteiger partial charge in [-0.25, -0.2) is 5.26 Å². The second-order valence-electron chi connectivity index (χ2n) is 3.91. The van der Waals surface area contributed by atoms with Crippen LogP contribution in [0.3, 0.4) is 0 Å². The third-order valence-electron chi connectivity index (χ3n) is 2.75. The van der Waals surface area contributed by atoms with Gasteiger partial charge in [-0.3, -0.25) is 0 Å². The van der Waals surface area contributed by atoms with E-state index in [2.05, 4.69) is 17.9 Å². The molecule has 0 aromatic rings. The monoisotopic (exact) mass is 134 g/mol. The van der Waals surface area contributed by atoms with E-state index in [0.29, 0.717) is 12.1 Å². The van der Waals surface area contributed by atoms with Gasteiger partial charge in [0.05, 0.1) is 0 Å². The summed E-state index contributed by atoms with van der Waals surface area (Å²) in [7, 11) is 2.14. The van der Waals surface area contributed by atoms with Gasteiger partial charge in [0.1, 0.15) is 0 Å². The minimum Gasteiger partial charge on any atom is -0.305 e. The van der Waals surface area contributed by atoms with Gasteiger partial charge in [-0.05, 0) is 12.5 Å². The molecule has 0 bridgehead atoms. The summed E-state index contributed by atoms with van der Waals surface area (Å²) in [6.45, 7) is 2.84. The molecule has 0 saturated carbocycles. The molecule has 2 saturated heterocycles. The SMILES string of the molecule is CN1CC2(CB(C#N)C2)C1. The predicted octanol–water partition coefficient (Wildman–Crippen LogP) is 0.489. The molecule has 10 heavy (non-hydrogen) atoms. The Morgan fingerprint density at radius 1 is 1.50 bits per heavy atom. The molecule has 0 amide bonds. The molecule has 0 N–H and O–H groups in total. The van der Waals surface area contributed by atoms with Crippen molar-refractivity contribution >= 4 is 6.71 Å². The summed E-state index contributed by atoms with van der Waals surface area (Å²) in [5.41, 5.74) is 0.592. The van der Waals surface area contributed by atoms with Crippen LogP contribution in [-0.4, -0.2) is 31.7 Å². The first-order chi connectivity index (χ1) is 4.74. The van der Waals surface area contributed by atoms with Crippen molar-refractivity contribution in [3.63, 3.8) is 0 Å². The second-order valence-corrected chi connectivity index (χ2v) is 3.91. The number of likely N-dealkylation sites (tertiary alicyclic amines) is 1. The van der Waals surface area contributed by atoms with E-state index in [9.17, 15) is 0 Å². The zero-order valence-electron chi connectivity index (χ0n) is 6.30. The summed E-state index contributed by atoms with van der Waals surface area (Å²) in [6, 6.07) is 0. The van der Waals surface area contributed by atoms with E-state index in [1.807, 2.05) is 0 Å². The third-order valence-corrected chi connectivity index (χ3v) is 2.75. The first-order valence-electron chi connectivity index (χ1n) is 3.82. The van der Waals surface area contributed by atoms with Crippen molar-refractivity contribution < 1.29 is 0 Å². The molecule has 0 unspecified atom stereocenters. The van der Waals surface area contributed by atoms with Crippen molar-refractivity contribution in [1.82, 2.24) is 4.90 Å². The van der Waals surface area contributed by atoms with Gasteiger partial charge in [-0.15, -0.1) is 0 Å². The predicted molar refractivity (Wildman–Crippen MR) is 40.9 cm³/mol. The highest BCUT2D eigenvalue weighted by Gasteiger charge is 2.52. The Morgan fingerprint density at radius 3 is 2.50 bits per heavy atom. The molecule has 0 aliphatic carbocycles. The van der Waals surface area contributed by atoms with Crippen LogP contribution in [0.15, 0.2) is 0 Å². The standard InChI is InChI=1S/C7H11BN2/c1-10-4-7(5-10)2-8(3-7)6-9/h2-5H2,1H3. The highest BCUT2D eigenvalue weighted by Crippen LogP contribution is 2.48. The van der Waals surface area contributed by atoms with E-state index in [1.165, 1.54) is 13.1 Å². The Morgan fingerprint density at radius 2 is 2.10 bits per heavy atom. The van der Waals surface area contributed by atoms with Gasteiger partial charge in [0, 0.05) is 19.1 Å². The average Bonchev–Trinajstić information content (AvgIpc) is 1.74. The lowest BCUT2D eigenvalue weighted by Crippen LogP contribution is -2.62. The molecular formula is C7H11BN2. The molecule has 0 aromatic heterocycles. The summed E-state index contributed by atoms with van der Waals surface area (Å²) in [5.74, 6) is 2.32. The molecule has 0 aromatic carbocycles. The second kappa shape index (κ2) is 1.76. The van der Waals surface area contributed by atoms with Crippen molar-refractivity contribution in [1.29, 1.82) is 5.26 Å². The number of hydrogen-bond donors (Lipinski definition) is 0. The van der Waals surface area contributed by atoms with Crippen molar-refractivity contribution in [3.8, 4) is 5.97 Å². The largest absolute Gasteiger partial charge is 0.305 e.